The highest BCUT2D eigenvalue weighted by Gasteiger charge is 2.19. The lowest BCUT2D eigenvalue weighted by atomic mass is 10.1. The number of aryl methyl sites for hydroxylation is 2. The number of hydrogen-bond donors (Lipinski definition) is 1. The van der Waals surface area contributed by atoms with Crippen molar-refractivity contribution in [1.82, 2.24) is 9.55 Å². The number of benzene rings is 1. The van der Waals surface area contributed by atoms with Gasteiger partial charge in [-0.1, -0.05) is 6.07 Å². The van der Waals surface area contributed by atoms with Gasteiger partial charge >= 0.3 is 5.97 Å². The molecule has 0 amide bonds. The standard InChI is InChI=1S/C16H16N2O2S/c1-9-7-13(11(3)21-9)10(2)18-8-17-14-6-4-5-12(15(14)18)16(19)20/h4-8,10H,1-3H3,(H,19,20). The largest absolute Gasteiger partial charge is 0.478 e. The summed E-state index contributed by atoms with van der Waals surface area (Å²) in [4.78, 5) is 18.3. The third-order valence-electron chi connectivity index (χ3n) is 3.77. The maximum Gasteiger partial charge on any atom is 0.337 e. The molecule has 0 saturated carbocycles. The Morgan fingerprint density at radius 1 is 1.38 bits per heavy atom. The number of rotatable bonds is 3. The number of carboxylic acid groups (broad SMARTS) is 1. The van der Waals surface area contributed by atoms with E-state index in [1.807, 2.05) is 10.6 Å². The Morgan fingerprint density at radius 3 is 2.76 bits per heavy atom. The van der Waals surface area contributed by atoms with Gasteiger partial charge in [-0.25, -0.2) is 9.78 Å². The van der Waals surface area contributed by atoms with E-state index in [-0.39, 0.29) is 6.04 Å². The first-order chi connectivity index (χ1) is 9.99. The lowest BCUT2D eigenvalue weighted by molar-refractivity contribution is 0.0698. The molecule has 0 aliphatic carbocycles. The van der Waals surface area contributed by atoms with Crippen molar-refractivity contribution < 1.29 is 9.90 Å². The van der Waals surface area contributed by atoms with E-state index in [1.165, 1.54) is 15.3 Å². The van der Waals surface area contributed by atoms with E-state index < -0.39 is 5.97 Å². The Kier molecular flexibility index (Phi) is 3.29. The Morgan fingerprint density at radius 2 is 2.14 bits per heavy atom. The Hall–Kier alpha value is -2.14. The van der Waals surface area contributed by atoms with Gasteiger partial charge in [0.1, 0.15) is 0 Å². The first-order valence-corrected chi connectivity index (χ1v) is 7.56. The minimum atomic E-state index is -0.923. The minimum Gasteiger partial charge on any atom is -0.478 e. The van der Waals surface area contributed by atoms with Gasteiger partial charge in [-0.05, 0) is 44.5 Å². The van der Waals surface area contributed by atoms with E-state index >= 15 is 0 Å². The average Bonchev–Trinajstić information content (AvgIpc) is 3.00. The van der Waals surface area contributed by atoms with E-state index in [1.54, 1.807) is 29.8 Å². The van der Waals surface area contributed by atoms with Crippen LogP contribution < -0.4 is 0 Å². The van der Waals surface area contributed by atoms with E-state index in [2.05, 4.69) is 31.8 Å². The zero-order valence-electron chi connectivity index (χ0n) is 12.1. The summed E-state index contributed by atoms with van der Waals surface area (Å²) in [5, 5.41) is 9.40. The molecule has 1 atom stereocenters. The van der Waals surface area contributed by atoms with Crippen LogP contribution in [0, 0.1) is 13.8 Å². The first-order valence-electron chi connectivity index (χ1n) is 6.75. The number of hydrogen-bond acceptors (Lipinski definition) is 3. The summed E-state index contributed by atoms with van der Waals surface area (Å²) >= 11 is 1.76. The Balaban J connectivity index is 2.21. The molecule has 0 saturated heterocycles. The lowest BCUT2D eigenvalue weighted by Gasteiger charge is -2.15. The molecule has 0 aliphatic rings. The van der Waals surface area contributed by atoms with Crippen LogP contribution >= 0.6 is 11.3 Å². The molecule has 0 spiro atoms. The van der Waals surface area contributed by atoms with E-state index in [0.717, 1.165) is 0 Å². The highest BCUT2D eigenvalue weighted by Crippen LogP contribution is 2.31. The summed E-state index contributed by atoms with van der Waals surface area (Å²) in [6.45, 7) is 6.26. The van der Waals surface area contributed by atoms with Crippen LogP contribution in [0.15, 0.2) is 30.6 Å². The van der Waals surface area contributed by atoms with Crippen LogP contribution in [0.1, 0.15) is 38.6 Å². The molecule has 1 N–H and O–H groups in total. The van der Waals surface area contributed by atoms with Gasteiger partial charge in [0.25, 0.3) is 0 Å². The third-order valence-corrected chi connectivity index (χ3v) is 4.75. The van der Waals surface area contributed by atoms with Crippen molar-refractivity contribution in [3.05, 3.63) is 51.5 Å². The molecule has 0 radical (unpaired) electrons. The summed E-state index contributed by atoms with van der Waals surface area (Å²) in [6.07, 6.45) is 1.73. The molecular weight excluding hydrogens is 284 g/mol. The molecule has 4 nitrogen and oxygen atoms in total. The van der Waals surface area contributed by atoms with Crippen molar-refractivity contribution in [2.45, 2.75) is 26.8 Å². The van der Waals surface area contributed by atoms with Crippen LogP contribution in [0.2, 0.25) is 0 Å². The smallest absolute Gasteiger partial charge is 0.337 e. The molecule has 3 rings (SSSR count). The molecule has 2 aromatic heterocycles. The number of carbonyl (C=O) groups is 1. The van der Waals surface area contributed by atoms with Gasteiger partial charge < -0.3 is 9.67 Å². The van der Waals surface area contributed by atoms with Crippen molar-refractivity contribution in [2.75, 3.05) is 0 Å². The number of fused-ring (bicyclic) bond motifs is 1. The molecule has 1 aromatic carbocycles. The number of aromatic nitrogens is 2. The second-order valence-corrected chi connectivity index (χ2v) is 6.64. The van der Waals surface area contributed by atoms with Crippen LogP contribution in [0.3, 0.4) is 0 Å². The molecule has 2 heterocycles. The lowest BCUT2D eigenvalue weighted by Crippen LogP contribution is -2.08. The predicted octanol–water partition coefficient (Wildman–Crippen LogP) is 4.02. The van der Waals surface area contributed by atoms with Gasteiger partial charge in [0.15, 0.2) is 0 Å². The SMILES string of the molecule is Cc1cc(C(C)n2cnc3cccc(C(=O)O)c32)c(C)s1. The predicted molar refractivity (Wildman–Crippen MR) is 84.3 cm³/mol. The number of imidazole rings is 1. The monoisotopic (exact) mass is 300 g/mol. The minimum absolute atomic E-state index is 0.0560. The average molecular weight is 300 g/mol. The highest BCUT2D eigenvalue weighted by molar-refractivity contribution is 7.12. The van der Waals surface area contributed by atoms with Crippen molar-refractivity contribution in [1.29, 1.82) is 0 Å². The van der Waals surface area contributed by atoms with Crippen molar-refractivity contribution in [3.63, 3.8) is 0 Å². The molecule has 5 heteroatoms. The molecule has 0 fully saturated rings. The number of thiophene rings is 1. The summed E-state index contributed by atoms with van der Waals surface area (Å²) in [7, 11) is 0. The van der Waals surface area contributed by atoms with Crippen molar-refractivity contribution in [3.8, 4) is 0 Å². The maximum absolute atomic E-state index is 11.5. The van der Waals surface area contributed by atoms with Gasteiger partial charge in [0.2, 0.25) is 0 Å². The van der Waals surface area contributed by atoms with Gasteiger partial charge in [-0.3, -0.25) is 0 Å². The second kappa shape index (κ2) is 5.00. The Bertz CT molecular complexity index is 832. The zero-order valence-corrected chi connectivity index (χ0v) is 12.9. The van der Waals surface area contributed by atoms with Crippen molar-refractivity contribution >= 4 is 28.3 Å². The molecule has 21 heavy (non-hydrogen) atoms. The normalized spacial score (nSPS) is 12.7. The second-order valence-electron chi connectivity index (χ2n) is 5.17. The quantitative estimate of drug-likeness (QED) is 0.794. The van der Waals surface area contributed by atoms with E-state index in [4.69, 9.17) is 0 Å². The number of carboxylic acids is 1. The zero-order chi connectivity index (χ0) is 15.1. The summed E-state index contributed by atoms with van der Waals surface area (Å²) < 4.78 is 1.95. The summed E-state index contributed by atoms with van der Waals surface area (Å²) in [5.74, 6) is -0.923. The number of nitrogens with zero attached hydrogens (tertiary/aromatic N) is 2. The fraction of sp³-hybridized carbons (Fsp3) is 0.250. The fourth-order valence-electron chi connectivity index (χ4n) is 2.77. The molecule has 1 unspecified atom stereocenters. The van der Waals surface area contributed by atoms with Crippen LogP contribution in [-0.4, -0.2) is 20.6 Å². The molecule has 0 aliphatic heterocycles. The van der Waals surface area contributed by atoms with Crippen molar-refractivity contribution in [2.24, 2.45) is 0 Å². The summed E-state index contributed by atoms with van der Waals surface area (Å²) in [5.41, 5.74) is 2.91. The fourth-order valence-corrected chi connectivity index (χ4v) is 3.79. The van der Waals surface area contributed by atoms with Crippen LogP contribution in [0.25, 0.3) is 11.0 Å². The molecule has 0 bridgehead atoms. The van der Waals surface area contributed by atoms with E-state index in [0.29, 0.717) is 16.6 Å². The van der Waals surface area contributed by atoms with Gasteiger partial charge in [0.05, 0.1) is 29.0 Å². The van der Waals surface area contributed by atoms with Gasteiger partial charge in [-0.2, -0.15) is 0 Å². The molecule has 108 valence electrons. The topological polar surface area (TPSA) is 55.1 Å². The summed E-state index contributed by atoms with van der Waals surface area (Å²) in [6, 6.07) is 7.42. The maximum atomic E-state index is 11.5. The van der Waals surface area contributed by atoms with Gasteiger partial charge in [0, 0.05) is 9.75 Å². The number of aromatic carboxylic acids is 1. The van der Waals surface area contributed by atoms with Gasteiger partial charge in [-0.15, -0.1) is 11.3 Å². The Labute approximate surface area is 126 Å². The van der Waals surface area contributed by atoms with Crippen LogP contribution in [0.4, 0.5) is 0 Å². The molecular formula is C16H16N2O2S. The van der Waals surface area contributed by atoms with E-state index in [9.17, 15) is 9.90 Å². The highest BCUT2D eigenvalue weighted by atomic mass is 32.1. The van der Waals surface area contributed by atoms with Crippen LogP contribution in [-0.2, 0) is 0 Å². The third kappa shape index (κ3) is 2.23. The number of para-hydroxylation sites is 1. The molecule has 3 aromatic rings. The first kappa shape index (κ1) is 13.8. The van der Waals surface area contributed by atoms with Crippen LogP contribution in [0.5, 0.6) is 0 Å².